The Kier molecular flexibility index (Phi) is 3.84. The van der Waals surface area contributed by atoms with Crippen LogP contribution in [0.1, 0.15) is 17.5 Å². The Balaban J connectivity index is 2.33. The van der Waals surface area contributed by atoms with Crippen LogP contribution in [0.25, 0.3) is 0 Å². The monoisotopic (exact) mass is 320 g/mol. The van der Waals surface area contributed by atoms with Crippen LogP contribution in [0.4, 0.5) is 5.13 Å². The average Bonchev–Trinajstić information content (AvgIpc) is 2.83. The highest BCUT2D eigenvalue weighted by Gasteiger charge is 2.23. The van der Waals surface area contributed by atoms with Gasteiger partial charge in [0.15, 0.2) is 5.13 Å². The molecule has 0 atom stereocenters. The minimum atomic E-state index is -3.80. The maximum atomic E-state index is 12.1. The minimum absolute atomic E-state index is 0.0662. The normalized spacial score (nSPS) is 11.8. The van der Waals surface area contributed by atoms with Crippen LogP contribution in [0, 0.1) is 6.92 Å². The van der Waals surface area contributed by atoms with E-state index < -0.39 is 10.0 Å². The third kappa shape index (κ3) is 2.75. The molecule has 0 spiro atoms. The Morgan fingerprint density at radius 1 is 1.53 bits per heavy atom. The van der Waals surface area contributed by atoms with Crippen LogP contribution in [0.5, 0.6) is 0 Å². The van der Waals surface area contributed by atoms with E-state index in [0.717, 1.165) is 17.0 Å². The lowest BCUT2D eigenvalue weighted by Gasteiger charge is -2.02. The molecule has 19 heavy (non-hydrogen) atoms. The predicted octanol–water partition coefficient (Wildman–Crippen LogP) is 2.20. The van der Waals surface area contributed by atoms with E-state index in [-0.39, 0.29) is 10.2 Å². The molecule has 0 radical (unpaired) electrons. The summed E-state index contributed by atoms with van der Waals surface area (Å²) in [6.45, 7) is 3.87. The first kappa shape index (κ1) is 14.3. The predicted molar refractivity (Wildman–Crippen MR) is 75.3 cm³/mol. The summed E-state index contributed by atoms with van der Waals surface area (Å²) in [4.78, 5) is 9.01. The van der Waals surface area contributed by atoms with Crippen molar-refractivity contribution in [2.24, 2.45) is 7.05 Å². The Bertz CT molecular complexity index is 705. The van der Waals surface area contributed by atoms with Crippen molar-refractivity contribution >= 4 is 38.1 Å². The van der Waals surface area contributed by atoms with Gasteiger partial charge >= 0.3 is 0 Å². The zero-order valence-corrected chi connectivity index (χ0v) is 13.0. The molecule has 6 nitrogen and oxygen atoms in total. The van der Waals surface area contributed by atoms with Crippen LogP contribution in [0.3, 0.4) is 0 Å². The summed E-state index contributed by atoms with van der Waals surface area (Å²) in [6.07, 6.45) is 2.11. The Morgan fingerprint density at radius 2 is 2.21 bits per heavy atom. The van der Waals surface area contributed by atoms with Crippen molar-refractivity contribution in [3.05, 3.63) is 22.1 Å². The summed E-state index contributed by atoms with van der Waals surface area (Å²) in [7, 11) is -2.18. The molecule has 0 bridgehead atoms. The van der Waals surface area contributed by atoms with Crippen molar-refractivity contribution in [2.75, 3.05) is 4.72 Å². The molecule has 2 rings (SSSR count). The molecular formula is C10H13ClN4O2S2. The molecule has 2 aromatic heterocycles. The molecule has 0 amide bonds. The number of aromatic nitrogens is 3. The SMILES string of the molecule is CCc1nc(NS(=O)(=O)c2ncn(C)c2Cl)sc1C. The van der Waals surface area contributed by atoms with Crippen molar-refractivity contribution in [2.45, 2.75) is 25.3 Å². The van der Waals surface area contributed by atoms with Crippen LogP contribution in [0.15, 0.2) is 11.4 Å². The highest BCUT2D eigenvalue weighted by Crippen LogP contribution is 2.26. The van der Waals surface area contributed by atoms with E-state index in [1.54, 1.807) is 7.05 Å². The fourth-order valence-corrected chi connectivity index (χ4v) is 4.11. The second-order valence-corrected chi connectivity index (χ2v) is 7.09. The molecule has 0 aliphatic heterocycles. The van der Waals surface area contributed by atoms with Crippen LogP contribution in [-0.4, -0.2) is 23.0 Å². The molecule has 2 heterocycles. The van der Waals surface area contributed by atoms with E-state index >= 15 is 0 Å². The molecule has 2 aromatic rings. The number of nitrogens with zero attached hydrogens (tertiary/aromatic N) is 3. The fraction of sp³-hybridized carbons (Fsp3) is 0.400. The van der Waals surface area contributed by atoms with Gasteiger partial charge in [-0.2, -0.15) is 8.42 Å². The van der Waals surface area contributed by atoms with Gasteiger partial charge in [-0.25, -0.2) is 9.97 Å². The van der Waals surface area contributed by atoms with E-state index in [1.165, 1.54) is 22.2 Å². The molecule has 104 valence electrons. The largest absolute Gasteiger partial charge is 0.324 e. The first-order valence-electron chi connectivity index (χ1n) is 5.51. The molecule has 9 heteroatoms. The Hall–Kier alpha value is -1.12. The molecule has 0 unspecified atom stereocenters. The van der Waals surface area contributed by atoms with Gasteiger partial charge < -0.3 is 4.57 Å². The van der Waals surface area contributed by atoms with Gasteiger partial charge in [0, 0.05) is 11.9 Å². The number of hydrogen-bond acceptors (Lipinski definition) is 5. The molecule has 0 aliphatic rings. The van der Waals surface area contributed by atoms with Crippen molar-refractivity contribution in [3.63, 3.8) is 0 Å². The van der Waals surface area contributed by atoms with Gasteiger partial charge in [0.05, 0.1) is 12.0 Å². The van der Waals surface area contributed by atoms with Crippen molar-refractivity contribution < 1.29 is 8.42 Å². The Morgan fingerprint density at radius 3 is 2.68 bits per heavy atom. The van der Waals surface area contributed by atoms with Crippen molar-refractivity contribution in [1.82, 2.24) is 14.5 Å². The number of hydrogen-bond donors (Lipinski definition) is 1. The lowest BCUT2D eigenvalue weighted by molar-refractivity contribution is 0.598. The first-order chi connectivity index (χ1) is 8.85. The summed E-state index contributed by atoms with van der Waals surface area (Å²) < 4.78 is 28.1. The highest BCUT2D eigenvalue weighted by atomic mass is 35.5. The third-order valence-electron chi connectivity index (χ3n) is 2.54. The first-order valence-corrected chi connectivity index (χ1v) is 8.19. The lowest BCUT2D eigenvalue weighted by atomic mass is 10.3. The zero-order chi connectivity index (χ0) is 14.2. The van der Waals surface area contributed by atoms with E-state index in [4.69, 9.17) is 11.6 Å². The molecule has 0 saturated heterocycles. The van der Waals surface area contributed by atoms with Gasteiger partial charge in [-0.15, -0.1) is 11.3 Å². The molecular weight excluding hydrogens is 308 g/mol. The molecule has 0 aliphatic carbocycles. The summed E-state index contributed by atoms with van der Waals surface area (Å²) in [5.41, 5.74) is 0.884. The van der Waals surface area contributed by atoms with Crippen LogP contribution < -0.4 is 4.72 Å². The van der Waals surface area contributed by atoms with E-state index in [1.807, 2.05) is 13.8 Å². The minimum Gasteiger partial charge on any atom is -0.324 e. The molecule has 0 saturated carbocycles. The lowest BCUT2D eigenvalue weighted by Crippen LogP contribution is -2.14. The van der Waals surface area contributed by atoms with Gasteiger partial charge in [0.2, 0.25) is 5.03 Å². The van der Waals surface area contributed by atoms with Gasteiger partial charge in [-0.05, 0) is 13.3 Å². The Labute approximate surface area is 120 Å². The summed E-state index contributed by atoms with van der Waals surface area (Å²) in [6, 6.07) is 0. The highest BCUT2D eigenvalue weighted by molar-refractivity contribution is 7.93. The number of rotatable bonds is 4. The molecule has 1 N–H and O–H groups in total. The van der Waals surface area contributed by atoms with Crippen LogP contribution >= 0.6 is 22.9 Å². The number of aryl methyl sites for hydroxylation is 3. The molecule has 0 aromatic carbocycles. The molecule has 0 fully saturated rings. The summed E-state index contributed by atoms with van der Waals surface area (Å²) in [5, 5.41) is 0.204. The number of thiazole rings is 1. The maximum Gasteiger partial charge on any atom is 0.284 e. The second kappa shape index (κ2) is 5.10. The number of halogens is 1. The van der Waals surface area contributed by atoms with Gasteiger partial charge in [0.25, 0.3) is 10.0 Å². The number of anilines is 1. The zero-order valence-electron chi connectivity index (χ0n) is 10.6. The van der Waals surface area contributed by atoms with Crippen molar-refractivity contribution in [3.8, 4) is 0 Å². The quantitative estimate of drug-likeness (QED) is 0.937. The van der Waals surface area contributed by atoms with Gasteiger partial charge in [0.1, 0.15) is 5.15 Å². The third-order valence-corrected chi connectivity index (χ3v) is 5.42. The fourth-order valence-electron chi connectivity index (χ4n) is 1.54. The van der Waals surface area contributed by atoms with E-state index in [0.29, 0.717) is 5.13 Å². The second-order valence-electron chi connectivity index (χ2n) is 3.93. The van der Waals surface area contributed by atoms with Gasteiger partial charge in [-0.3, -0.25) is 4.72 Å². The number of nitrogens with one attached hydrogen (secondary N) is 1. The van der Waals surface area contributed by atoms with Crippen molar-refractivity contribution in [1.29, 1.82) is 0 Å². The van der Waals surface area contributed by atoms with E-state index in [2.05, 4.69) is 14.7 Å². The standard InChI is InChI=1S/C10H13ClN4O2S2/c1-4-7-6(2)18-10(13-7)14-19(16,17)9-8(11)15(3)5-12-9/h5H,4H2,1-3H3,(H,13,14). The average molecular weight is 321 g/mol. The maximum absolute atomic E-state index is 12.1. The van der Waals surface area contributed by atoms with E-state index in [9.17, 15) is 8.42 Å². The summed E-state index contributed by atoms with van der Waals surface area (Å²) in [5.74, 6) is 0. The number of imidazole rings is 1. The smallest absolute Gasteiger partial charge is 0.284 e. The topological polar surface area (TPSA) is 76.9 Å². The van der Waals surface area contributed by atoms with Crippen LogP contribution in [0.2, 0.25) is 5.15 Å². The van der Waals surface area contributed by atoms with Gasteiger partial charge in [-0.1, -0.05) is 18.5 Å². The summed E-state index contributed by atoms with van der Waals surface area (Å²) >= 11 is 7.18. The van der Waals surface area contributed by atoms with Crippen LogP contribution in [-0.2, 0) is 23.5 Å². The number of sulfonamides is 1.